The molecule has 0 unspecified atom stereocenters. The lowest BCUT2D eigenvalue weighted by Crippen LogP contribution is -2.22. The number of anilines is 1. The summed E-state index contributed by atoms with van der Waals surface area (Å²) < 4.78 is 1.04. The predicted octanol–water partition coefficient (Wildman–Crippen LogP) is 3.55. The highest BCUT2D eigenvalue weighted by Gasteiger charge is 2.11. The maximum atomic E-state index is 12.3. The van der Waals surface area contributed by atoms with E-state index in [2.05, 4.69) is 27.9 Å². The number of aryl methyl sites for hydroxylation is 1. The van der Waals surface area contributed by atoms with Crippen LogP contribution in [-0.4, -0.2) is 30.8 Å². The van der Waals surface area contributed by atoms with Crippen LogP contribution in [0.5, 0.6) is 0 Å². The first kappa shape index (κ1) is 16.5. The molecule has 2 amide bonds. The fourth-order valence-electron chi connectivity index (χ4n) is 1.93. The number of rotatable bonds is 3. The van der Waals surface area contributed by atoms with E-state index in [1.54, 1.807) is 44.4 Å². The third kappa shape index (κ3) is 3.85. The molecule has 0 saturated carbocycles. The van der Waals surface area contributed by atoms with Gasteiger partial charge in [-0.3, -0.25) is 9.59 Å². The molecule has 0 saturated heterocycles. The van der Waals surface area contributed by atoms with Gasteiger partial charge in [0.25, 0.3) is 11.8 Å². The summed E-state index contributed by atoms with van der Waals surface area (Å²) in [6.07, 6.45) is 0. The van der Waals surface area contributed by atoms with Crippen LogP contribution in [0.4, 0.5) is 5.69 Å². The van der Waals surface area contributed by atoms with Gasteiger partial charge >= 0.3 is 0 Å². The van der Waals surface area contributed by atoms with Gasteiger partial charge in [0.05, 0.1) is 0 Å². The van der Waals surface area contributed by atoms with Crippen LogP contribution in [0.15, 0.2) is 42.5 Å². The largest absolute Gasteiger partial charge is 0.345 e. The van der Waals surface area contributed by atoms with Crippen LogP contribution >= 0.6 is 22.6 Å². The molecular weight excluding hydrogens is 391 g/mol. The molecule has 0 aliphatic carbocycles. The second kappa shape index (κ2) is 6.91. The summed E-state index contributed by atoms with van der Waals surface area (Å²) in [5.41, 5.74) is 2.88. The number of hydrogen-bond acceptors (Lipinski definition) is 2. The average Bonchev–Trinajstić information content (AvgIpc) is 2.49. The molecule has 1 N–H and O–H groups in total. The van der Waals surface area contributed by atoms with Crippen molar-refractivity contribution in [2.45, 2.75) is 6.92 Å². The molecule has 2 rings (SSSR count). The smallest absolute Gasteiger partial charge is 0.255 e. The molecule has 0 aliphatic heterocycles. The molecule has 0 atom stereocenters. The van der Waals surface area contributed by atoms with Gasteiger partial charge in [-0.2, -0.15) is 0 Å². The Morgan fingerprint density at radius 3 is 2.41 bits per heavy atom. The molecule has 22 heavy (non-hydrogen) atoms. The Kier molecular flexibility index (Phi) is 5.18. The van der Waals surface area contributed by atoms with Gasteiger partial charge in [0, 0.05) is 34.5 Å². The molecule has 5 heteroatoms. The normalized spacial score (nSPS) is 10.2. The molecule has 114 valence electrons. The van der Waals surface area contributed by atoms with Gasteiger partial charge in [0.2, 0.25) is 0 Å². The van der Waals surface area contributed by atoms with E-state index in [-0.39, 0.29) is 11.8 Å². The molecule has 4 nitrogen and oxygen atoms in total. The van der Waals surface area contributed by atoms with Crippen molar-refractivity contribution >= 4 is 40.1 Å². The standard InChI is InChI=1S/C17H17IN2O2/c1-11-7-8-12(10-15(11)18)16(21)19-14-6-4-5-13(9-14)17(22)20(2)3/h4-10H,1-3H3,(H,19,21). The van der Waals surface area contributed by atoms with Gasteiger partial charge < -0.3 is 10.2 Å². The minimum Gasteiger partial charge on any atom is -0.345 e. The molecule has 0 heterocycles. The number of benzene rings is 2. The first-order chi connectivity index (χ1) is 10.4. The average molecular weight is 408 g/mol. The van der Waals surface area contributed by atoms with Crippen LogP contribution in [0.2, 0.25) is 0 Å². The van der Waals surface area contributed by atoms with Crippen molar-refractivity contribution < 1.29 is 9.59 Å². The predicted molar refractivity (Wildman–Crippen MR) is 96.3 cm³/mol. The number of carbonyl (C=O) groups excluding carboxylic acids is 2. The number of carbonyl (C=O) groups is 2. The zero-order valence-electron chi connectivity index (χ0n) is 12.7. The van der Waals surface area contributed by atoms with Gasteiger partial charge in [0.1, 0.15) is 0 Å². The monoisotopic (exact) mass is 408 g/mol. The zero-order chi connectivity index (χ0) is 16.3. The van der Waals surface area contributed by atoms with Crippen LogP contribution < -0.4 is 5.32 Å². The van der Waals surface area contributed by atoms with E-state index in [4.69, 9.17) is 0 Å². The molecule has 0 bridgehead atoms. The van der Waals surface area contributed by atoms with Gasteiger partial charge in [-0.05, 0) is 65.4 Å². The van der Waals surface area contributed by atoms with Gasteiger partial charge in [-0.1, -0.05) is 12.1 Å². The van der Waals surface area contributed by atoms with Crippen LogP contribution in [0.3, 0.4) is 0 Å². The van der Waals surface area contributed by atoms with E-state index in [1.165, 1.54) is 4.90 Å². The maximum Gasteiger partial charge on any atom is 0.255 e. The summed E-state index contributed by atoms with van der Waals surface area (Å²) in [6.45, 7) is 2.00. The van der Waals surface area contributed by atoms with Gasteiger partial charge in [0.15, 0.2) is 0 Å². The van der Waals surface area contributed by atoms with Crippen molar-refractivity contribution in [3.8, 4) is 0 Å². The molecule has 0 aliphatic rings. The van der Waals surface area contributed by atoms with Gasteiger partial charge in [-0.25, -0.2) is 0 Å². The highest BCUT2D eigenvalue weighted by Crippen LogP contribution is 2.16. The van der Waals surface area contributed by atoms with Crippen molar-refractivity contribution in [1.82, 2.24) is 4.90 Å². The molecule has 0 radical (unpaired) electrons. The van der Waals surface area contributed by atoms with E-state index in [9.17, 15) is 9.59 Å². The highest BCUT2D eigenvalue weighted by atomic mass is 127. The van der Waals surface area contributed by atoms with Crippen LogP contribution in [0, 0.1) is 10.5 Å². The summed E-state index contributed by atoms with van der Waals surface area (Å²) >= 11 is 2.21. The van der Waals surface area contributed by atoms with Crippen LogP contribution in [0.25, 0.3) is 0 Å². The van der Waals surface area contributed by atoms with Crippen LogP contribution in [0.1, 0.15) is 26.3 Å². The number of nitrogens with one attached hydrogen (secondary N) is 1. The third-order valence-electron chi connectivity index (χ3n) is 3.21. The molecular formula is C17H17IN2O2. The molecule has 2 aromatic rings. The van der Waals surface area contributed by atoms with Crippen LogP contribution in [-0.2, 0) is 0 Å². The number of hydrogen-bond donors (Lipinski definition) is 1. The van der Waals surface area contributed by atoms with Gasteiger partial charge in [-0.15, -0.1) is 0 Å². The minimum absolute atomic E-state index is 0.0963. The Labute approximate surface area is 143 Å². The lowest BCUT2D eigenvalue weighted by molar-refractivity contribution is 0.0827. The third-order valence-corrected chi connectivity index (χ3v) is 4.37. The lowest BCUT2D eigenvalue weighted by atomic mass is 10.1. The first-order valence-corrected chi connectivity index (χ1v) is 7.85. The summed E-state index contributed by atoms with van der Waals surface area (Å²) in [5.74, 6) is -0.284. The molecule has 0 spiro atoms. The summed E-state index contributed by atoms with van der Waals surface area (Å²) in [7, 11) is 3.39. The topological polar surface area (TPSA) is 49.4 Å². The number of amides is 2. The molecule has 0 fully saturated rings. The number of halogens is 1. The maximum absolute atomic E-state index is 12.3. The zero-order valence-corrected chi connectivity index (χ0v) is 14.8. The SMILES string of the molecule is Cc1ccc(C(=O)Nc2cccc(C(=O)N(C)C)c2)cc1I. The van der Waals surface area contributed by atoms with E-state index in [0.717, 1.165) is 9.13 Å². The Hall–Kier alpha value is -1.89. The number of nitrogens with zero attached hydrogens (tertiary/aromatic N) is 1. The summed E-state index contributed by atoms with van der Waals surface area (Å²) in [5, 5.41) is 2.83. The van der Waals surface area contributed by atoms with E-state index in [0.29, 0.717) is 16.8 Å². The second-order valence-corrected chi connectivity index (χ2v) is 6.36. The second-order valence-electron chi connectivity index (χ2n) is 5.20. The quantitative estimate of drug-likeness (QED) is 0.790. The van der Waals surface area contributed by atoms with Crippen molar-refractivity contribution in [2.75, 3.05) is 19.4 Å². The van der Waals surface area contributed by atoms with E-state index < -0.39 is 0 Å². The Bertz CT molecular complexity index is 726. The Balaban J connectivity index is 2.19. The minimum atomic E-state index is -0.188. The van der Waals surface area contributed by atoms with E-state index in [1.807, 2.05) is 19.1 Å². The van der Waals surface area contributed by atoms with Crippen molar-refractivity contribution in [3.05, 3.63) is 62.7 Å². The van der Waals surface area contributed by atoms with Crippen molar-refractivity contribution in [1.29, 1.82) is 0 Å². The fraction of sp³-hybridized carbons (Fsp3) is 0.176. The molecule has 2 aromatic carbocycles. The van der Waals surface area contributed by atoms with E-state index >= 15 is 0 Å². The van der Waals surface area contributed by atoms with Crippen molar-refractivity contribution in [3.63, 3.8) is 0 Å². The lowest BCUT2D eigenvalue weighted by Gasteiger charge is -2.12. The fourth-order valence-corrected chi connectivity index (χ4v) is 2.44. The first-order valence-electron chi connectivity index (χ1n) is 6.77. The summed E-state index contributed by atoms with van der Waals surface area (Å²) in [6, 6.07) is 12.5. The highest BCUT2D eigenvalue weighted by molar-refractivity contribution is 14.1. The Morgan fingerprint density at radius 2 is 1.77 bits per heavy atom. The van der Waals surface area contributed by atoms with Crippen molar-refractivity contribution in [2.24, 2.45) is 0 Å². The summed E-state index contributed by atoms with van der Waals surface area (Å²) in [4.78, 5) is 25.7. The Morgan fingerprint density at radius 1 is 1.05 bits per heavy atom. The molecule has 0 aromatic heterocycles.